The normalized spacial score (nSPS) is 15.9. The second-order valence-corrected chi connectivity index (χ2v) is 8.78. The van der Waals surface area contributed by atoms with Crippen LogP contribution in [0.2, 0.25) is 0 Å². The lowest BCUT2D eigenvalue weighted by Gasteiger charge is -2.19. The molecule has 0 spiro atoms. The first-order valence-corrected chi connectivity index (χ1v) is 11.6. The molecule has 1 aliphatic carbocycles. The third kappa shape index (κ3) is 5.32. The van der Waals surface area contributed by atoms with Gasteiger partial charge in [-0.1, -0.05) is 49.4 Å². The van der Waals surface area contributed by atoms with Crippen LogP contribution in [-0.4, -0.2) is 6.61 Å². The molecule has 0 saturated heterocycles. The van der Waals surface area contributed by atoms with Crippen LogP contribution < -0.4 is 4.74 Å². The van der Waals surface area contributed by atoms with Gasteiger partial charge in [-0.05, 0) is 79.3 Å². The molecule has 0 amide bonds. The largest absolute Gasteiger partial charge is 0.494 e. The van der Waals surface area contributed by atoms with E-state index in [4.69, 9.17) is 4.74 Å². The van der Waals surface area contributed by atoms with Gasteiger partial charge in [0.25, 0.3) is 0 Å². The van der Waals surface area contributed by atoms with Gasteiger partial charge in [0, 0.05) is 17.2 Å². The van der Waals surface area contributed by atoms with Crippen molar-refractivity contribution in [3.8, 4) is 16.9 Å². The lowest BCUT2D eigenvalue weighted by molar-refractivity contribution is 0.338. The standard InChI is InChI=1S/C29H29F3O/c1-3-33-24-15-17-25(27(30)18-24)21-11-6-20(7-12-21)8-13-23-14-16-26(29(32)28(23)31)22-9-4-19(2)5-10-22/h6-7,9,11-12,14-19H,3-5,8,10,13H2,1-2H3. The van der Waals surface area contributed by atoms with Gasteiger partial charge in [-0.3, -0.25) is 0 Å². The van der Waals surface area contributed by atoms with E-state index in [1.165, 1.54) is 6.07 Å². The molecule has 4 rings (SSSR count). The summed E-state index contributed by atoms with van der Waals surface area (Å²) < 4.78 is 49.3. The Labute approximate surface area is 193 Å². The summed E-state index contributed by atoms with van der Waals surface area (Å²) in [6, 6.07) is 15.8. The predicted octanol–water partition coefficient (Wildman–Crippen LogP) is 8.16. The van der Waals surface area contributed by atoms with E-state index in [9.17, 15) is 13.2 Å². The van der Waals surface area contributed by atoms with Crippen LogP contribution in [0.25, 0.3) is 16.7 Å². The van der Waals surface area contributed by atoms with Gasteiger partial charge in [-0.25, -0.2) is 13.2 Å². The van der Waals surface area contributed by atoms with Crippen LogP contribution >= 0.6 is 0 Å². The van der Waals surface area contributed by atoms with E-state index < -0.39 is 11.6 Å². The number of halogens is 3. The third-order valence-corrected chi connectivity index (χ3v) is 6.38. The Hall–Kier alpha value is -3.01. The van der Waals surface area contributed by atoms with Gasteiger partial charge in [-0.2, -0.15) is 0 Å². The van der Waals surface area contributed by atoms with Crippen molar-refractivity contribution in [1.29, 1.82) is 0 Å². The second kappa shape index (κ2) is 10.3. The Kier molecular flexibility index (Phi) is 7.22. The van der Waals surface area contributed by atoms with E-state index in [-0.39, 0.29) is 5.82 Å². The Bertz CT molecular complexity index is 1150. The zero-order valence-electron chi connectivity index (χ0n) is 19.1. The molecule has 33 heavy (non-hydrogen) atoms. The maximum Gasteiger partial charge on any atom is 0.166 e. The Morgan fingerprint density at radius 1 is 0.879 bits per heavy atom. The summed E-state index contributed by atoms with van der Waals surface area (Å²) in [7, 11) is 0. The number of hydrogen-bond donors (Lipinski definition) is 0. The quantitative estimate of drug-likeness (QED) is 0.353. The minimum atomic E-state index is -0.750. The summed E-state index contributed by atoms with van der Waals surface area (Å²) in [4.78, 5) is 0. The molecule has 0 aromatic heterocycles. The molecular weight excluding hydrogens is 421 g/mol. The van der Waals surface area contributed by atoms with Crippen LogP contribution in [0.3, 0.4) is 0 Å². The van der Waals surface area contributed by atoms with Crippen molar-refractivity contribution in [2.24, 2.45) is 5.92 Å². The summed E-state index contributed by atoms with van der Waals surface area (Å²) in [5, 5.41) is 0. The number of hydrogen-bond acceptors (Lipinski definition) is 1. The molecule has 4 heteroatoms. The minimum absolute atomic E-state index is 0.339. The van der Waals surface area contributed by atoms with Gasteiger partial charge in [0.05, 0.1) is 6.61 Å². The van der Waals surface area contributed by atoms with E-state index >= 15 is 0 Å². The highest BCUT2D eigenvalue weighted by Crippen LogP contribution is 2.33. The molecule has 0 fully saturated rings. The second-order valence-electron chi connectivity index (χ2n) is 8.78. The van der Waals surface area contributed by atoms with Crippen LogP contribution in [0.5, 0.6) is 5.75 Å². The molecule has 0 heterocycles. The van der Waals surface area contributed by atoms with Crippen molar-refractivity contribution >= 4 is 5.57 Å². The molecule has 0 radical (unpaired) electrons. The molecule has 0 saturated carbocycles. The topological polar surface area (TPSA) is 9.23 Å². The van der Waals surface area contributed by atoms with E-state index in [0.717, 1.165) is 36.0 Å². The van der Waals surface area contributed by atoms with Crippen molar-refractivity contribution in [2.75, 3.05) is 6.61 Å². The molecule has 0 aliphatic heterocycles. The average molecular weight is 451 g/mol. The maximum absolute atomic E-state index is 14.8. The predicted molar refractivity (Wildman–Crippen MR) is 128 cm³/mol. The molecule has 1 unspecified atom stereocenters. The lowest BCUT2D eigenvalue weighted by atomic mass is 9.87. The SMILES string of the molecule is CCOc1ccc(-c2ccc(CCc3ccc(C4=CCC(C)CC4)c(F)c3F)cc2)c(F)c1. The van der Waals surface area contributed by atoms with Crippen molar-refractivity contribution < 1.29 is 17.9 Å². The fourth-order valence-electron chi connectivity index (χ4n) is 4.36. The first kappa shape index (κ1) is 23.2. The lowest BCUT2D eigenvalue weighted by Crippen LogP contribution is -2.05. The first-order chi connectivity index (χ1) is 16.0. The zero-order valence-corrected chi connectivity index (χ0v) is 19.1. The van der Waals surface area contributed by atoms with Gasteiger partial charge >= 0.3 is 0 Å². The van der Waals surface area contributed by atoms with Gasteiger partial charge < -0.3 is 4.74 Å². The summed E-state index contributed by atoms with van der Waals surface area (Å²) in [5.74, 6) is -0.730. The summed E-state index contributed by atoms with van der Waals surface area (Å²) in [6.45, 7) is 4.51. The average Bonchev–Trinajstić information content (AvgIpc) is 2.82. The molecule has 172 valence electrons. The molecule has 1 aliphatic rings. The molecule has 1 atom stereocenters. The third-order valence-electron chi connectivity index (χ3n) is 6.38. The monoisotopic (exact) mass is 450 g/mol. The van der Waals surface area contributed by atoms with Gasteiger partial charge in [0.1, 0.15) is 11.6 Å². The highest BCUT2D eigenvalue weighted by molar-refractivity contribution is 5.67. The number of benzene rings is 3. The number of rotatable bonds is 7. The zero-order chi connectivity index (χ0) is 23.4. The van der Waals surface area contributed by atoms with Gasteiger partial charge in [0.15, 0.2) is 11.6 Å². The van der Waals surface area contributed by atoms with Crippen molar-refractivity contribution in [1.82, 2.24) is 0 Å². The molecule has 3 aromatic carbocycles. The van der Waals surface area contributed by atoms with Gasteiger partial charge in [0.2, 0.25) is 0 Å². The van der Waals surface area contributed by atoms with E-state index in [1.54, 1.807) is 24.3 Å². The Balaban J connectivity index is 1.44. The van der Waals surface area contributed by atoms with Crippen molar-refractivity contribution in [2.45, 2.75) is 46.0 Å². The number of aryl methyl sites for hydroxylation is 2. The van der Waals surface area contributed by atoms with E-state index in [2.05, 4.69) is 6.92 Å². The highest BCUT2D eigenvalue weighted by atomic mass is 19.2. The summed E-state index contributed by atoms with van der Waals surface area (Å²) in [6.07, 6.45) is 5.72. The smallest absolute Gasteiger partial charge is 0.166 e. The number of allylic oxidation sites excluding steroid dienone is 2. The fourth-order valence-corrected chi connectivity index (χ4v) is 4.36. The van der Waals surface area contributed by atoms with E-state index in [0.29, 0.717) is 47.8 Å². The van der Waals surface area contributed by atoms with Gasteiger partial charge in [-0.15, -0.1) is 0 Å². The first-order valence-electron chi connectivity index (χ1n) is 11.6. The van der Waals surface area contributed by atoms with Crippen LogP contribution in [0, 0.1) is 23.4 Å². The molecular formula is C29H29F3O. The van der Waals surface area contributed by atoms with Crippen molar-refractivity contribution in [3.63, 3.8) is 0 Å². The molecule has 0 bridgehead atoms. The minimum Gasteiger partial charge on any atom is -0.494 e. The summed E-state index contributed by atoms with van der Waals surface area (Å²) in [5.41, 5.74) is 3.93. The number of ether oxygens (including phenoxy) is 1. The molecule has 1 nitrogen and oxygen atoms in total. The highest BCUT2D eigenvalue weighted by Gasteiger charge is 2.19. The fraction of sp³-hybridized carbons (Fsp3) is 0.310. The van der Waals surface area contributed by atoms with Crippen molar-refractivity contribution in [3.05, 3.63) is 94.8 Å². The van der Waals surface area contributed by atoms with Crippen LogP contribution in [0.15, 0.2) is 60.7 Å². The van der Waals surface area contributed by atoms with E-state index in [1.807, 2.05) is 37.3 Å². The summed E-state index contributed by atoms with van der Waals surface area (Å²) >= 11 is 0. The van der Waals surface area contributed by atoms with Crippen LogP contribution in [0.1, 0.15) is 49.8 Å². The molecule has 3 aromatic rings. The molecule has 0 N–H and O–H groups in total. The maximum atomic E-state index is 14.8. The Morgan fingerprint density at radius 2 is 1.64 bits per heavy atom. The Morgan fingerprint density at radius 3 is 2.30 bits per heavy atom. The van der Waals surface area contributed by atoms with Crippen LogP contribution in [-0.2, 0) is 12.8 Å². The van der Waals surface area contributed by atoms with Crippen LogP contribution in [0.4, 0.5) is 13.2 Å².